The summed E-state index contributed by atoms with van der Waals surface area (Å²) in [4.78, 5) is 36.2. The molecule has 1 saturated heterocycles. The van der Waals surface area contributed by atoms with Crippen LogP contribution < -0.4 is 0 Å². The van der Waals surface area contributed by atoms with Gasteiger partial charge in [-0.2, -0.15) is 0 Å². The molecule has 0 radical (unpaired) electrons. The minimum Gasteiger partial charge on any atom is -0.467 e. The summed E-state index contributed by atoms with van der Waals surface area (Å²) in [7, 11) is 0. The van der Waals surface area contributed by atoms with Crippen LogP contribution in [-0.2, 0) is 33.3 Å². The molecule has 0 unspecified atom stereocenters. The Labute approximate surface area is 135 Å². The largest absolute Gasteiger partial charge is 0.467 e. The third-order valence-electron chi connectivity index (χ3n) is 2.86. The molecule has 0 aromatic carbocycles. The van der Waals surface area contributed by atoms with Crippen molar-refractivity contribution in [2.45, 2.75) is 45.1 Å². The Bertz CT molecular complexity index is 586. The van der Waals surface area contributed by atoms with Gasteiger partial charge in [-0.25, -0.2) is 0 Å². The van der Waals surface area contributed by atoms with Crippen molar-refractivity contribution in [1.29, 1.82) is 0 Å². The Morgan fingerprint density at radius 2 is 1.75 bits per heavy atom. The first-order chi connectivity index (χ1) is 11.3. The van der Waals surface area contributed by atoms with Crippen LogP contribution >= 0.6 is 0 Å². The second-order valence-electron chi connectivity index (χ2n) is 4.69. The lowest BCUT2D eigenvalue weighted by Gasteiger charge is -2.39. The lowest BCUT2D eigenvalue weighted by Crippen LogP contribution is -2.59. The number of esters is 3. The van der Waals surface area contributed by atoms with Gasteiger partial charge in [0.1, 0.15) is 6.61 Å². The Kier molecular flexibility index (Phi) is 6.80. The standard InChI is InChI=1S/C12H16N4O8/c1-5(17)21-4-8-10(22-6(2)18)11(23-7(3)19)9(14-16-13)12(15-20)24-8/h8-11,20H,4H2,1-3H3/b15-12-/t8-,9-,10-,11-/m1/s1. The van der Waals surface area contributed by atoms with E-state index in [1.165, 1.54) is 0 Å². The highest BCUT2D eigenvalue weighted by Gasteiger charge is 2.49. The minimum atomic E-state index is -1.37. The maximum Gasteiger partial charge on any atom is 0.303 e. The topological polar surface area (TPSA) is 169 Å². The molecule has 4 atom stereocenters. The van der Waals surface area contributed by atoms with E-state index in [0.717, 1.165) is 20.8 Å². The van der Waals surface area contributed by atoms with E-state index >= 15 is 0 Å². The van der Waals surface area contributed by atoms with E-state index in [9.17, 15) is 14.4 Å². The van der Waals surface area contributed by atoms with Gasteiger partial charge in [0.15, 0.2) is 24.4 Å². The number of azide groups is 1. The van der Waals surface area contributed by atoms with E-state index in [-0.39, 0.29) is 6.61 Å². The van der Waals surface area contributed by atoms with Crippen LogP contribution in [0.1, 0.15) is 20.8 Å². The third-order valence-corrected chi connectivity index (χ3v) is 2.86. The molecular formula is C12H16N4O8. The summed E-state index contributed by atoms with van der Waals surface area (Å²) in [6.45, 7) is 2.96. The summed E-state index contributed by atoms with van der Waals surface area (Å²) in [5.41, 5.74) is 8.64. The van der Waals surface area contributed by atoms with Gasteiger partial charge in [0, 0.05) is 25.7 Å². The number of hydrogen-bond donors (Lipinski definition) is 1. The molecule has 1 aliphatic heterocycles. The second-order valence-corrected chi connectivity index (χ2v) is 4.69. The third kappa shape index (κ3) is 5.02. The summed E-state index contributed by atoms with van der Waals surface area (Å²) in [6, 6.07) is -1.37. The zero-order chi connectivity index (χ0) is 18.3. The first-order valence-corrected chi connectivity index (χ1v) is 6.70. The van der Waals surface area contributed by atoms with E-state index in [0.29, 0.717) is 0 Å². The predicted octanol–water partition coefficient (Wildman–Crippen LogP) is 0.278. The number of carbonyl (C=O) groups is 3. The normalized spacial score (nSPS) is 27.4. The average Bonchev–Trinajstić information content (AvgIpc) is 2.48. The van der Waals surface area contributed by atoms with E-state index in [4.69, 9.17) is 29.7 Å². The maximum absolute atomic E-state index is 11.3. The Morgan fingerprint density at radius 3 is 2.21 bits per heavy atom. The first-order valence-electron chi connectivity index (χ1n) is 6.70. The van der Waals surface area contributed by atoms with Crippen molar-refractivity contribution in [2.24, 2.45) is 10.3 Å². The van der Waals surface area contributed by atoms with Crippen molar-refractivity contribution < 1.29 is 38.5 Å². The molecule has 12 nitrogen and oxygen atoms in total. The van der Waals surface area contributed by atoms with E-state index in [2.05, 4.69) is 15.2 Å². The summed E-state index contributed by atoms with van der Waals surface area (Å²) in [5.74, 6) is -2.61. The van der Waals surface area contributed by atoms with Gasteiger partial charge in [-0.15, -0.1) is 0 Å². The molecule has 0 aromatic heterocycles. The van der Waals surface area contributed by atoms with Gasteiger partial charge in [0.2, 0.25) is 5.90 Å². The van der Waals surface area contributed by atoms with Crippen molar-refractivity contribution >= 4 is 23.8 Å². The fourth-order valence-corrected chi connectivity index (χ4v) is 2.06. The van der Waals surface area contributed by atoms with Crippen molar-refractivity contribution in [3.05, 3.63) is 10.4 Å². The highest BCUT2D eigenvalue weighted by Crippen LogP contribution is 2.26. The monoisotopic (exact) mass is 344 g/mol. The molecule has 1 rings (SSSR count). The molecule has 24 heavy (non-hydrogen) atoms. The van der Waals surface area contributed by atoms with Crippen molar-refractivity contribution in [3.8, 4) is 0 Å². The number of carbonyl (C=O) groups excluding carboxylic acids is 3. The van der Waals surface area contributed by atoms with Crippen molar-refractivity contribution in [3.63, 3.8) is 0 Å². The smallest absolute Gasteiger partial charge is 0.303 e. The Morgan fingerprint density at radius 1 is 1.17 bits per heavy atom. The molecule has 1 N–H and O–H groups in total. The number of nitrogens with zero attached hydrogens (tertiary/aromatic N) is 4. The maximum atomic E-state index is 11.3. The highest BCUT2D eigenvalue weighted by molar-refractivity contribution is 5.84. The van der Waals surface area contributed by atoms with Crippen LogP contribution in [0.25, 0.3) is 10.4 Å². The molecule has 0 bridgehead atoms. The molecule has 1 aliphatic rings. The molecule has 0 aliphatic carbocycles. The Hall–Kier alpha value is -3.01. The Balaban J connectivity index is 3.24. The van der Waals surface area contributed by atoms with Crippen molar-refractivity contribution in [2.75, 3.05) is 6.61 Å². The molecule has 1 fully saturated rings. The highest BCUT2D eigenvalue weighted by atomic mass is 16.6. The van der Waals surface area contributed by atoms with E-state index in [1.54, 1.807) is 0 Å². The van der Waals surface area contributed by atoms with Crippen LogP contribution in [0.5, 0.6) is 0 Å². The average molecular weight is 344 g/mol. The first kappa shape index (κ1) is 19.0. The fraction of sp³-hybridized carbons (Fsp3) is 0.667. The fourth-order valence-electron chi connectivity index (χ4n) is 2.06. The molecule has 0 aromatic rings. The van der Waals surface area contributed by atoms with Gasteiger partial charge in [-0.3, -0.25) is 14.4 Å². The minimum absolute atomic E-state index is 0.382. The quantitative estimate of drug-likeness (QED) is 0.141. The second kappa shape index (κ2) is 8.58. The van der Waals surface area contributed by atoms with Gasteiger partial charge in [0.25, 0.3) is 0 Å². The lowest BCUT2D eigenvalue weighted by molar-refractivity contribution is -0.185. The van der Waals surface area contributed by atoms with Crippen LogP contribution in [0.3, 0.4) is 0 Å². The van der Waals surface area contributed by atoms with Crippen LogP contribution in [0, 0.1) is 0 Å². The predicted molar refractivity (Wildman–Crippen MR) is 74.8 cm³/mol. The molecule has 0 amide bonds. The van der Waals surface area contributed by atoms with E-state index in [1.807, 2.05) is 0 Å². The van der Waals surface area contributed by atoms with Crippen LogP contribution in [0.15, 0.2) is 10.3 Å². The molecule has 0 spiro atoms. The van der Waals surface area contributed by atoms with Gasteiger partial charge in [0.05, 0.1) is 0 Å². The summed E-state index contributed by atoms with van der Waals surface area (Å²) < 4.78 is 20.2. The lowest BCUT2D eigenvalue weighted by atomic mass is 9.97. The summed E-state index contributed by atoms with van der Waals surface area (Å²) >= 11 is 0. The van der Waals surface area contributed by atoms with Crippen molar-refractivity contribution in [1.82, 2.24) is 0 Å². The number of oxime groups is 1. The van der Waals surface area contributed by atoms with Crippen LogP contribution in [-0.4, -0.2) is 60.0 Å². The van der Waals surface area contributed by atoms with Crippen LogP contribution in [0.4, 0.5) is 0 Å². The number of rotatable bonds is 5. The molecule has 12 heteroatoms. The number of ether oxygens (including phenoxy) is 4. The number of hydrogen-bond acceptors (Lipinski definition) is 10. The molecule has 132 valence electrons. The summed E-state index contributed by atoms with van der Waals surface area (Å²) in [6.07, 6.45) is -3.73. The zero-order valence-electron chi connectivity index (χ0n) is 13.1. The van der Waals surface area contributed by atoms with E-state index < -0.39 is 48.2 Å². The molecule has 0 saturated carbocycles. The van der Waals surface area contributed by atoms with Gasteiger partial charge in [-0.1, -0.05) is 10.3 Å². The zero-order valence-corrected chi connectivity index (χ0v) is 13.1. The SMILES string of the molecule is CC(=O)OC[C@H]1O/C(=N\O)[C@H](N=[N+]=[N-])[C@@H](OC(C)=O)[C@@H]1OC(C)=O. The van der Waals surface area contributed by atoms with Gasteiger partial charge in [-0.05, 0) is 5.53 Å². The van der Waals surface area contributed by atoms with Gasteiger partial charge < -0.3 is 24.2 Å². The van der Waals surface area contributed by atoms with Crippen LogP contribution in [0.2, 0.25) is 0 Å². The summed E-state index contributed by atoms with van der Waals surface area (Å²) in [5, 5.41) is 15.2. The molecular weight excluding hydrogens is 328 g/mol. The molecule has 1 heterocycles. The van der Waals surface area contributed by atoms with Gasteiger partial charge >= 0.3 is 17.9 Å².